The first-order valence-electron chi connectivity index (χ1n) is 8.19. The van der Waals surface area contributed by atoms with Gasteiger partial charge < -0.3 is 4.90 Å². The van der Waals surface area contributed by atoms with Crippen molar-refractivity contribution in [2.75, 3.05) is 7.05 Å². The lowest BCUT2D eigenvalue weighted by Gasteiger charge is -2.19. The molecule has 0 saturated carbocycles. The highest BCUT2D eigenvalue weighted by Gasteiger charge is 2.22. The monoisotopic (exact) mass is 339 g/mol. The molecule has 3 rings (SSSR count). The molecule has 0 aliphatic rings. The second-order valence-electron chi connectivity index (χ2n) is 5.87. The molecule has 0 saturated heterocycles. The van der Waals surface area contributed by atoms with Crippen molar-refractivity contribution in [2.45, 2.75) is 33.0 Å². The zero-order chi connectivity index (χ0) is 17.8. The highest BCUT2D eigenvalue weighted by Crippen LogP contribution is 2.15. The van der Waals surface area contributed by atoms with Crippen molar-refractivity contribution >= 4 is 5.91 Å². The third-order valence-corrected chi connectivity index (χ3v) is 3.97. The largest absolute Gasteiger partial charge is 0.339 e. The second kappa shape index (κ2) is 7.25. The van der Waals surface area contributed by atoms with Gasteiger partial charge in [0.1, 0.15) is 6.04 Å². The zero-order valence-corrected chi connectivity index (χ0v) is 14.6. The van der Waals surface area contributed by atoms with Gasteiger partial charge >= 0.3 is 0 Å². The minimum Gasteiger partial charge on any atom is -0.339 e. The number of hydrogen-bond donors (Lipinski definition) is 0. The quantitative estimate of drug-likeness (QED) is 0.684. The number of rotatable bonds is 6. The summed E-state index contributed by atoms with van der Waals surface area (Å²) in [5.74, 6) is 0.424. The second-order valence-corrected chi connectivity index (χ2v) is 5.87. The number of aromatic nitrogens is 6. The van der Waals surface area contributed by atoms with Gasteiger partial charge in [-0.25, -0.2) is 0 Å². The Labute approximate surface area is 146 Å². The molecule has 1 atom stereocenters. The van der Waals surface area contributed by atoms with Crippen LogP contribution in [0.4, 0.5) is 0 Å². The van der Waals surface area contributed by atoms with Gasteiger partial charge in [0.05, 0.1) is 6.20 Å². The Bertz CT molecular complexity index is 840. The van der Waals surface area contributed by atoms with Crippen molar-refractivity contribution in [3.63, 3.8) is 0 Å². The lowest BCUT2D eigenvalue weighted by Crippen LogP contribution is -2.33. The maximum atomic E-state index is 12.6. The van der Waals surface area contributed by atoms with Crippen LogP contribution in [0.25, 0.3) is 11.4 Å². The van der Waals surface area contributed by atoms with E-state index in [-0.39, 0.29) is 5.91 Å². The fourth-order valence-electron chi connectivity index (χ4n) is 2.52. The molecule has 3 aromatic rings. The molecule has 0 radical (unpaired) electrons. The van der Waals surface area contributed by atoms with Crippen molar-refractivity contribution in [2.24, 2.45) is 0 Å². The van der Waals surface area contributed by atoms with Gasteiger partial charge in [0.25, 0.3) is 0 Å². The van der Waals surface area contributed by atoms with E-state index in [0.717, 1.165) is 17.7 Å². The highest BCUT2D eigenvalue weighted by atomic mass is 16.2. The van der Waals surface area contributed by atoms with Crippen molar-refractivity contribution in [1.82, 2.24) is 34.9 Å². The highest BCUT2D eigenvalue weighted by molar-refractivity contribution is 5.79. The molecule has 0 fully saturated rings. The van der Waals surface area contributed by atoms with Crippen LogP contribution >= 0.6 is 0 Å². The van der Waals surface area contributed by atoms with Gasteiger partial charge in [-0.1, -0.05) is 30.3 Å². The summed E-state index contributed by atoms with van der Waals surface area (Å²) in [4.78, 5) is 15.6. The number of amides is 1. The maximum absolute atomic E-state index is 12.6. The third-order valence-electron chi connectivity index (χ3n) is 3.97. The molecule has 1 aromatic carbocycles. The van der Waals surface area contributed by atoms with Crippen LogP contribution in [0.1, 0.15) is 25.5 Å². The van der Waals surface area contributed by atoms with Gasteiger partial charge in [0.2, 0.25) is 11.7 Å². The van der Waals surface area contributed by atoms with Crippen LogP contribution in [-0.4, -0.2) is 47.8 Å². The number of likely N-dealkylation sites (N-methyl/N-ethyl adjacent to an activating group) is 1. The molecule has 2 aromatic heterocycles. The first-order valence-corrected chi connectivity index (χ1v) is 8.19. The van der Waals surface area contributed by atoms with Crippen LogP contribution in [0.5, 0.6) is 0 Å². The molecule has 8 nitrogen and oxygen atoms in total. The molecule has 0 N–H and O–H groups in total. The summed E-state index contributed by atoms with van der Waals surface area (Å²) in [6.45, 7) is 5.09. The average molecular weight is 339 g/mol. The molecule has 0 spiro atoms. The summed E-state index contributed by atoms with van der Waals surface area (Å²) < 4.78 is 1.84. The van der Waals surface area contributed by atoms with Crippen molar-refractivity contribution in [3.8, 4) is 11.4 Å². The smallest absolute Gasteiger partial charge is 0.249 e. The van der Waals surface area contributed by atoms with Crippen LogP contribution in [0.2, 0.25) is 0 Å². The molecule has 130 valence electrons. The number of hydrogen-bond acceptors (Lipinski definition) is 5. The van der Waals surface area contributed by atoms with Gasteiger partial charge in [-0.05, 0) is 19.1 Å². The van der Waals surface area contributed by atoms with E-state index >= 15 is 0 Å². The lowest BCUT2D eigenvalue weighted by molar-refractivity contribution is -0.134. The van der Waals surface area contributed by atoms with Crippen LogP contribution < -0.4 is 0 Å². The number of benzene rings is 1. The maximum Gasteiger partial charge on any atom is 0.249 e. The molecule has 25 heavy (non-hydrogen) atoms. The summed E-state index contributed by atoms with van der Waals surface area (Å²) in [7, 11) is 1.76. The van der Waals surface area contributed by atoms with Crippen molar-refractivity contribution in [1.29, 1.82) is 0 Å². The normalized spacial score (nSPS) is 12.1. The van der Waals surface area contributed by atoms with Crippen molar-refractivity contribution in [3.05, 3.63) is 48.3 Å². The fraction of sp³-hybridized carbons (Fsp3) is 0.353. The summed E-state index contributed by atoms with van der Waals surface area (Å²) in [6, 6.07) is 9.03. The Morgan fingerprint density at radius 2 is 2.04 bits per heavy atom. The van der Waals surface area contributed by atoms with Crippen LogP contribution in [0, 0.1) is 0 Å². The van der Waals surface area contributed by atoms with Gasteiger partial charge in [-0.15, -0.1) is 10.2 Å². The van der Waals surface area contributed by atoms with E-state index in [0.29, 0.717) is 12.4 Å². The lowest BCUT2D eigenvalue weighted by atomic mass is 10.2. The summed E-state index contributed by atoms with van der Waals surface area (Å²) in [6.07, 6.45) is 3.72. The van der Waals surface area contributed by atoms with Gasteiger partial charge in [-0.3, -0.25) is 9.48 Å². The van der Waals surface area contributed by atoms with E-state index in [1.165, 1.54) is 4.80 Å². The molecule has 1 amide bonds. The molecular formula is C17H21N7O. The van der Waals surface area contributed by atoms with Gasteiger partial charge in [0, 0.05) is 37.5 Å². The standard InChI is InChI=1S/C17H21N7O/c1-4-23-12-14(10-18-23)11-22(3)17(25)13(2)24-20-16(19-21-24)15-8-6-5-7-9-15/h5-10,12-13H,4,11H2,1-3H3. The molecular weight excluding hydrogens is 318 g/mol. The molecule has 0 bridgehead atoms. The van der Waals surface area contributed by atoms with E-state index in [4.69, 9.17) is 0 Å². The molecule has 1 unspecified atom stereocenters. The Hall–Kier alpha value is -3.03. The van der Waals surface area contributed by atoms with Crippen molar-refractivity contribution < 1.29 is 4.79 Å². The van der Waals surface area contributed by atoms with E-state index in [9.17, 15) is 4.79 Å². The number of nitrogens with zero attached hydrogens (tertiary/aromatic N) is 7. The van der Waals surface area contributed by atoms with E-state index < -0.39 is 6.04 Å². The molecule has 0 aliphatic carbocycles. The molecule has 2 heterocycles. The third kappa shape index (κ3) is 3.73. The predicted octanol–water partition coefficient (Wildman–Crippen LogP) is 1.78. The Morgan fingerprint density at radius 3 is 2.72 bits per heavy atom. The van der Waals surface area contributed by atoms with Crippen LogP contribution in [0.3, 0.4) is 0 Å². The van der Waals surface area contributed by atoms with Gasteiger partial charge in [0.15, 0.2) is 0 Å². The number of carbonyl (C=O) groups is 1. The van der Waals surface area contributed by atoms with Gasteiger partial charge in [-0.2, -0.15) is 9.90 Å². The predicted molar refractivity (Wildman–Crippen MR) is 92.3 cm³/mol. The van der Waals surface area contributed by atoms with E-state index in [2.05, 4.69) is 20.5 Å². The van der Waals surface area contributed by atoms with Crippen LogP contribution in [0.15, 0.2) is 42.7 Å². The SMILES string of the molecule is CCn1cc(CN(C)C(=O)C(C)n2nnc(-c3ccccc3)n2)cn1. The minimum atomic E-state index is -0.531. The summed E-state index contributed by atoms with van der Waals surface area (Å²) in [5.41, 5.74) is 1.86. The summed E-state index contributed by atoms with van der Waals surface area (Å²) in [5, 5.41) is 16.6. The number of aryl methyl sites for hydroxylation is 1. The van der Waals surface area contributed by atoms with E-state index in [1.54, 1.807) is 25.1 Å². The Kier molecular flexibility index (Phi) is 4.87. The minimum absolute atomic E-state index is 0.0822. The van der Waals surface area contributed by atoms with E-state index in [1.807, 2.05) is 48.1 Å². The molecule has 8 heteroatoms. The first-order chi connectivity index (χ1) is 12.1. The topological polar surface area (TPSA) is 81.7 Å². The number of tetrazole rings is 1. The Balaban J connectivity index is 1.68. The fourth-order valence-corrected chi connectivity index (χ4v) is 2.52. The average Bonchev–Trinajstić information content (AvgIpc) is 3.30. The summed E-state index contributed by atoms with van der Waals surface area (Å²) >= 11 is 0. The first kappa shape index (κ1) is 16.8. The zero-order valence-electron chi connectivity index (χ0n) is 14.6. The van der Waals surface area contributed by atoms with Crippen LogP contribution in [-0.2, 0) is 17.9 Å². The Morgan fingerprint density at radius 1 is 1.28 bits per heavy atom. The number of carbonyl (C=O) groups excluding carboxylic acids is 1. The molecule has 0 aliphatic heterocycles.